The Bertz CT molecular complexity index is 1100. The number of nitrogens with zero attached hydrogens (tertiary/aromatic N) is 2. The van der Waals surface area contributed by atoms with Gasteiger partial charge in [0.1, 0.15) is 0 Å². The summed E-state index contributed by atoms with van der Waals surface area (Å²) in [6.07, 6.45) is 2.72. The van der Waals surface area contributed by atoms with Crippen molar-refractivity contribution in [2.75, 3.05) is 5.32 Å². The maximum Gasteiger partial charge on any atom is 0.258 e. The molecule has 0 spiro atoms. The van der Waals surface area contributed by atoms with Crippen LogP contribution in [0.15, 0.2) is 66.2 Å². The van der Waals surface area contributed by atoms with Crippen molar-refractivity contribution in [3.8, 4) is 11.3 Å². The molecule has 0 aliphatic carbocycles. The highest BCUT2D eigenvalue weighted by Crippen LogP contribution is 2.26. The smallest absolute Gasteiger partial charge is 0.258 e. The van der Waals surface area contributed by atoms with Crippen LogP contribution in [0.3, 0.4) is 0 Å². The Morgan fingerprint density at radius 3 is 2.61 bits per heavy atom. The number of rotatable bonds is 5. The van der Waals surface area contributed by atoms with E-state index in [1.165, 1.54) is 16.9 Å². The lowest BCUT2D eigenvalue weighted by Crippen LogP contribution is -2.12. The zero-order chi connectivity index (χ0) is 19.5. The van der Waals surface area contributed by atoms with E-state index in [4.69, 9.17) is 4.98 Å². The molecule has 28 heavy (non-hydrogen) atoms. The zero-order valence-electron chi connectivity index (χ0n) is 15.8. The van der Waals surface area contributed by atoms with Gasteiger partial charge in [-0.1, -0.05) is 56.3 Å². The Morgan fingerprint density at radius 1 is 1.11 bits per heavy atom. The molecule has 0 radical (unpaired) electrons. The molecule has 0 saturated heterocycles. The molecule has 4 aromatic rings. The first kappa shape index (κ1) is 18.3. The zero-order valence-corrected chi connectivity index (χ0v) is 16.7. The van der Waals surface area contributed by atoms with E-state index in [0.717, 1.165) is 28.6 Å². The average Bonchev–Trinajstić information content (AvgIpc) is 3.20. The predicted octanol–water partition coefficient (Wildman–Crippen LogP) is 5.81. The van der Waals surface area contributed by atoms with E-state index < -0.39 is 0 Å². The Labute approximate surface area is 168 Å². The number of hydrogen-bond acceptors (Lipinski definition) is 4. The van der Waals surface area contributed by atoms with E-state index in [-0.39, 0.29) is 5.91 Å². The highest BCUT2D eigenvalue weighted by molar-refractivity contribution is 7.13. The minimum absolute atomic E-state index is 0.175. The monoisotopic (exact) mass is 387 g/mol. The molecule has 2 heterocycles. The van der Waals surface area contributed by atoms with E-state index in [1.54, 1.807) is 6.20 Å². The highest BCUT2D eigenvalue weighted by atomic mass is 32.1. The molecular weight excluding hydrogens is 366 g/mol. The summed E-state index contributed by atoms with van der Waals surface area (Å²) in [4.78, 5) is 21.8. The van der Waals surface area contributed by atoms with Crippen LogP contribution in [0, 0.1) is 5.92 Å². The number of fused-ring (bicyclic) bond motifs is 1. The molecule has 0 saturated carbocycles. The second kappa shape index (κ2) is 7.90. The summed E-state index contributed by atoms with van der Waals surface area (Å²) in [6.45, 7) is 4.43. The lowest BCUT2D eigenvalue weighted by molar-refractivity contribution is 0.102. The van der Waals surface area contributed by atoms with Crippen molar-refractivity contribution in [3.05, 3.63) is 77.3 Å². The van der Waals surface area contributed by atoms with Crippen LogP contribution in [0.1, 0.15) is 29.8 Å². The molecule has 0 atom stereocenters. The number of aromatic nitrogens is 2. The van der Waals surface area contributed by atoms with Crippen LogP contribution in [0.25, 0.3) is 22.2 Å². The molecule has 140 valence electrons. The van der Waals surface area contributed by atoms with Crippen LogP contribution < -0.4 is 5.32 Å². The van der Waals surface area contributed by atoms with Crippen molar-refractivity contribution in [1.29, 1.82) is 0 Å². The maximum absolute atomic E-state index is 12.9. The Hall–Kier alpha value is -3.05. The number of amides is 1. The summed E-state index contributed by atoms with van der Waals surface area (Å²) in [7, 11) is 0. The largest absolute Gasteiger partial charge is 0.298 e. The van der Waals surface area contributed by atoms with Gasteiger partial charge >= 0.3 is 0 Å². The standard InChI is InChI=1S/C23H21N3OS/c1-15(2)13-16-7-9-17(10-8-16)21-14-19(18-5-3-4-6-20(18)25-21)22(27)26-23-24-11-12-28-23/h3-12,14-15H,13H2,1-2H3,(H,24,26,27). The highest BCUT2D eigenvalue weighted by Gasteiger charge is 2.15. The number of anilines is 1. The van der Waals surface area contributed by atoms with Gasteiger partial charge in [-0.2, -0.15) is 0 Å². The fourth-order valence-electron chi connectivity index (χ4n) is 3.24. The van der Waals surface area contributed by atoms with E-state index in [2.05, 4.69) is 48.4 Å². The van der Waals surface area contributed by atoms with Crippen molar-refractivity contribution in [2.45, 2.75) is 20.3 Å². The molecule has 0 aliphatic heterocycles. The molecule has 2 aromatic heterocycles. The van der Waals surface area contributed by atoms with Gasteiger partial charge in [-0.3, -0.25) is 10.1 Å². The number of carbonyl (C=O) groups excluding carboxylic acids is 1. The van der Waals surface area contributed by atoms with Crippen LogP contribution in [0.2, 0.25) is 0 Å². The average molecular weight is 388 g/mol. The van der Waals surface area contributed by atoms with Crippen LogP contribution in [-0.2, 0) is 6.42 Å². The Balaban J connectivity index is 1.74. The second-order valence-electron chi connectivity index (χ2n) is 7.16. The quantitative estimate of drug-likeness (QED) is 0.470. The van der Waals surface area contributed by atoms with Crippen LogP contribution in [-0.4, -0.2) is 15.9 Å². The molecule has 2 aromatic carbocycles. The maximum atomic E-state index is 12.9. The Kier molecular flexibility index (Phi) is 5.17. The van der Waals surface area contributed by atoms with Gasteiger partial charge < -0.3 is 0 Å². The molecule has 5 heteroatoms. The fraction of sp³-hybridized carbons (Fsp3) is 0.174. The minimum atomic E-state index is -0.175. The van der Waals surface area contributed by atoms with Gasteiger partial charge in [-0.15, -0.1) is 11.3 Å². The number of benzene rings is 2. The van der Waals surface area contributed by atoms with Gasteiger partial charge in [0.05, 0.1) is 16.8 Å². The summed E-state index contributed by atoms with van der Waals surface area (Å²) in [6, 6.07) is 18.0. The number of hydrogen-bond donors (Lipinski definition) is 1. The SMILES string of the molecule is CC(C)Cc1ccc(-c2cc(C(=O)Nc3nccs3)c3ccccc3n2)cc1. The van der Waals surface area contributed by atoms with Crippen LogP contribution >= 0.6 is 11.3 Å². The van der Waals surface area contributed by atoms with E-state index in [1.807, 2.05) is 35.7 Å². The van der Waals surface area contributed by atoms with Crippen molar-refractivity contribution in [2.24, 2.45) is 5.92 Å². The first-order valence-electron chi connectivity index (χ1n) is 9.30. The predicted molar refractivity (Wildman–Crippen MR) is 116 cm³/mol. The van der Waals surface area contributed by atoms with Gasteiger partial charge in [0.15, 0.2) is 5.13 Å². The summed E-state index contributed by atoms with van der Waals surface area (Å²) >= 11 is 1.40. The van der Waals surface area contributed by atoms with Crippen molar-refractivity contribution >= 4 is 33.3 Å². The lowest BCUT2D eigenvalue weighted by atomic mass is 9.99. The molecule has 4 nitrogen and oxygen atoms in total. The second-order valence-corrected chi connectivity index (χ2v) is 8.05. The number of pyridine rings is 1. The topological polar surface area (TPSA) is 54.9 Å². The first-order valence-corrected chi connectivity index (χ1v) is 10.2. The van der Waals surface area contributed by atoms with Gasteiger partial charge in [0.2, 0.25) is 0 Å². The molecule has 0 bridgehead atoms. The third-order valence-electron chi connectivity index (χ3n) is 4.51. The molecular formula is C23H21N3OS. The third kappa shape index (κ3) is 3.94. The molecule has 0 aliphatic rings. The number of para-hydroxylation sites is 1. The summed E-state index contributed by atoms with van der Waals surface area (Å²) in [5.74, 6) is 0.442. The molecule has 0 fully saturated rings. The van der Waals surface area contributed by atoms with Gasteiger partial charge in [0.25, 0.3) is 5.91 Å². The van der Waals surface area contributed by atoms with Gasteiger partial charge in [-0.05, 0) is 30.0 Å². The third-order valence-corrected chi connectivity index (χ3v) is 5.20. The molecule has 4 rings (SSSR count). The number of carbonyl (C=O) groups is 1. The normalized spacial score (nSPS) is 11.1. The first-order chi connectivity index (χ1) is 13.6. The lowest BCUT2D eigenvalue weighted by Gasteiger charge is -2.10. The molecule has 1 N–H and O–H groups in total. The van der Waals surface area contributed by atoms with Crippen LogP contribution in [0.5, 0.6) is 0 Å². The summed E-state index contributed by atoms with van der Waals surface area (Å²) < 4.78 is 0. The summed E-state index contributed by atoms with van der Waals surface area (Å²) in [5, 5.41) is 6.14. The van der Waals surface area contributed by atoms with E-state index >= 15 is 0 Å². The Morgan fingerprint density at radius 2 is 1.89 bits per heavy atom. The van der Waals surface area contributed by atoms with Crippen molar-refractivity contribution < 1.29 is 4.79 Å². The number of thiazole rings is 1. The van der Waals surface area contributed by atoms with Crippen molar-refractivity contribution in [1.82, 2.24) is 9.97 Å². The van der Waals surface area contributed by atoms with E-state index in [9.17, 15) is 4.79 Å². The van der Waals surface area contributed by atoms with E-state index in [0.29, 0.717) is 16.6 Å². The summed E-state index contributed by atoms with van der Waals surface area (Å²) in [5.41, 5.74) is 4.50. The van der Waals surface area contributed by atoms with Crippen LogP contribution in [0.4, 0.5) is 5.13 Å². The van der Waals surface area contributed by atoms with Gasteiger partial charge in [0, 0.05) is 22.5 Å². The van der Waals surface area contributed by atoms with Crippen molar-refractivity contribution in [3.63, 3.8) is 0 Å². The van der Waals surface area contributed by atoms with Gasteiger partial charge in [-0.25, -0.2) is 9.97 Å². The minimum Gasteiger partial charge on any atom is -0.298 e. The molecule has 0 unspecified atom stereocenters. The molecule has 1 amide bonds. The number of nitrogens with one attached hydrogen (secondary N) is 1. The fourth-order valence-corrected chi connectivity index (χ4v) is 3.77.